The third-order valence-electron chi connectivity index (χ3n) is 3.83. The van der Waals surface area contributed by atoms with Crippen LogP contribution in [-0.4, -0.2) is 0 Å². The van der Waals surface area contributed by atoms with E-state index in [9.17, 15) is 0 Å². The van der Waals surface area contributed by atoms with Crippen LogP contribution < -0.4 is 0 Å². The van der Waals surface area contributed by atoms with E-state index in [-0.39, 0.29) is 0 Å². The van der Waals surface area contributed by atoms with Gasteiger partial charge in [0.2, 0.25) is 0 Å². The maximum Gasteiger partial charge on any atom is 0.0406 e. The number of benzene rings is 1. The summed E-state index contributed by atoms with van der Waals surface area (Å²) >= 11 is 5.96. The molecule has 0 amide bonds. The number of rotatable bonds is 5. The molecule has 0 spiro atoms. The molecule has 1 atom stereocenters. The molecule has 0 aromatic heterocycles. The molecule has 96 valence electrons. The van der Waals surface area contributed by atoms with Crippen molar-refractivity contribution in [2.75, 3.05) is 0 Å². The molecule has 0 nitrogen and oxygen atoms in total. The maximum atomic E-state index is 5.96. The van der Waals surface area contributed by atoms with E-state index >= 15 is 0 Å². The van der Waals surface area contributed by atoms with Gasteiger partial charge in [-0.1, -0.05) is 64.8 Å². The van der Waals surface area contributed by atoms with E-state index in [4.69, 9.17) is 11.6 Å². The number of halogens is 1. The second kappa shape index (κ2) is 5.91. The molecule has 17 heavy (non-hydrogen) atoms. The fraction of sp³-hybridized carbons (Fsp3) is 0.625. The van der Waals surface area contributed by atoms with E-state index in [1.807, 2.05) is 12.1 Å². The van der Waals surface area contributed by atoms with Gasteiger partial charge < -0.3 is 0 Å². The molecule has 0 fully saturated rings. The third-order valence-corrected chi connectivity index (χ3v) is 4.08. The van der Waals surface area contributed by atoms with Gasteiger partial charge in [0.15, 0.2) is 0 Å². The van der Waals surface area contributed by atoms with Gasteiger partial charge in [0.25, 0.3) is 0 Å². The standard InChI is InChI=1S/C16H25Cl/c1-6-16(4,5)11-15(12(2)3)13-7-9-14(17)10-8-13/h7-10,12,15H,6,11H2,1-5H3. The van der Waals surface area contributed by atoms with Gasteiger partial charge in [0.05, 0.1) is 0 Å². The van der Waals surface area contributed by atoms with Gasteiger partial charge in [-0.15, -0.1) is 0 Å². The van der Waals surface area contributed by atoms with Crippen LogP contribution >= 0.6 is 11.6 Å². The van der Waals surface area contributed by atoms with Crippen molar-refractivity contribution in [3.8, 4) is 0 Å². The Hall–Kier alpha value is -0.490. The van der Waals surface area contributed by atoms with Crippen molar-refractivity contribution in [3.05, 3.63) is 34.9 Å². The lowest BCUT2D eigenvalue weighted by atomic mass is 9.74. The number of hydrogen-bond acceptors (Lipinski definition) is 0. The Morgan fingerprint density at radius 2 is 1.65 bits per heavy atom. The van der Waals surface area contributed by atoms with Crippen LogP contribution in [0.1, 0.15) is 58.9 Å². The molecule has 1 rings (SSSR count). The van der Waals surface area contributed by atoms with Crippen LogP contribution in [-0.2, 0) is 0 Å². The molecular weight excluding hydrogens is 228 g/mol. The Kier molecular flexibility index (Phi) is 5.06. The first kappa shape index (κ1) is 14.6. The Labute approximate surface area is 111 Å². The highest BCUT2D eigenvalue weighted by Crippen LogP contribution is 2.38. The van der Waals surface area contributed by atoms with Crippen molar-refractivity contribution in [1.29, 1.82) is 0 Å². The van der Waals surface area contributed by atoms with Crippen molar-refractivity contribution >= 4 is 11.6 Å². The minimum atomic E-state index is 0.411. The Balaban J connectivity index is 2.90. The summed E-state index contributed by atoms with van der Waals surface area (Å²) in [6.07, 6.45) is 2.46. The lowest BCUT2D eigenvalue weighted by Gasteiger charge is -2.31. The molecule has 0 aliphatic heterocycles. The second-order valence-corrected chi connectivity index (χ2v) is 6.56. The van der Waals surface area contributed by atoms with E-state index in [0.717, 1.165) is 5.02 Å². The molecule has 0 heterocycles. The summed E-state index contributed by atoms with van der Waals surface area (Å²) < 4.78 is 0. The van der Waals surface area contributed by atoms with Gasteiger partial charge >= 0.3 is 0 Å². The molecule has 0 bridgehead atoms. The fourth-order valence-corrected chi connectivity index (χ4v) is 2.31. The zero-order valence-electron chi connectivity index (χ0n) is 11.8. The van der Waals surface area contributed by atoms with Crippen LogP contribution in [0.25, 0.3) is 0 Å². The topological polar surface area (TPSA) is 0 Å². The third kappa shape index (κ3) is 4.35. The van der Waals surface area contributed by atoms with E-state index in [1.54, 1.807) is 0 Å². The van der Waals surface area contributed by atoms with Gasteiger partial charge in [-0.3, -0.25) is 0 Å². The number of hydrogen-bond donors (Lipinski definition) is 0. The molecule has 0 saturated carbocycles. The summed E-state index contributed by atoms with van der Waals surface area (Å²) in [4.78, 5) is 0. The van der Waals surface area contributed by atoms with Crippen LogP contribution in [0, 0.1) is 11.3 Å². The lowest BCUT2D eigenvalue weighted by Crippen LogP contribution is -2.18. The molecule has 1 heteroatoms. The molecule has 1 aromatic rings. The summed E-state index contributed by atoms with van der Waals surface area (Å²) in [6.45, 7) is 11.6. The highest BCUT2D eigenvalue weighted by atomic mass is 35.5. The predicted octanol–water partition coefficient (Wildman–Crippen LogP) is 5.91. The molecular formula is C16H25Cl. The van der Waals surface area contributed by atoms with E-state index < -0.39 is 0 Å². The highest BCUT2D eigenvalue weighted by Gasteiger charge is 2.24. The minimum absolute atomic E-state index is 0.411. The smallest absolute Gasteiger partial charge is 0.0406 e. The van der Waals surface area contributed by atoms with E-state index in [1.165, 1.54) is 18.4 Å². The van der Waals surface area contributed by atoms with E-state index in [2.05, 4.69) is 46.8 Å². The average molecular weight is 253 g/mol. The van der Waals surface area contributed by atoms with Gasteiger partial charge in [-0.2, -0.15) is 0 Å². The lowest BCUT2D eigenvalue weighted by molar-refractivity contribution is 0.264. The monoisotopic (exact) mass is 252 g/mol. The molecule has 0 saturated heterocycles. The summed E-state index contributed by atoms with van der Waals surface area (Å²) in [6, 6.07) is 8.37. The predicted molar refractivity (Wildman–Crippen MR) is 77.7 cm³/mol. The Morgan fingerprint density at radius 3 is 2.06 bits per heavy atom. The van der Waals surface area contributed by atoms with Crippen molar-refractivity contribution in [2.45, 2.75) is 53.4 Å². The minimum Gasteiger partial charge on any atom is -0.0843 e. The zero-order valence-corrected chi connectivity index (χ0v) is 12.5. The zero-order chi connectivity index (χ0) is 13.1. The van der Waals surface area contributed by atoms with Crippen LogP contribution in [0.2, 0.25) is 5.02 Å². The first-order chi connectivity index (χ1) is 7.85. The van der Waals surface area contributed by atoms with Gasteiger partial charge in [-0.05, 0) is 41.4 Å². The Bertz CT molecular complexity index is 335. The van der Waals surface area contributed by atoms with Crippen molar-refractivity contribution in [1.82, 2.24) is 0 Å². The Morgan fingerprint density at radius 1 is 1.12 bits per heavy atom. The maximum absolute atomic E-state index is 5.96. The van der Waals surface area contributed by atoms with Crippen molar-refractivity contribution < 1.29 is 0 Å². The first-order valence-electron chi connectivity index (χ1n) is 6.61. The van der Waals surface area contributed by atoms with Gasteiger partial charge in [-0.25, -0.2) is 0 Å². The SMILES string of the molecule is CCC(C)(C)CC(c1ccc(Cl)cc1)C(C)C. The second-order valence-electron chi connectivity index (χ2n) is 6.12. The average Bonchev–Trinajstić information content (AvgIpc) is 2.27. The molecule has 0 radical (unpaired) electrons. The first-order valence-corrected chi connectivity index (χ1v) is 6.99. The van der Waals surface area contributed by atoms with Crippen LogP contribution in [0.3, 0.4) is 0 Å². The fourth-order valence-electron chi connectivity index (χ4n) is 2.19. The molecule has 0 aliphatic rings. The summed E-state index contributed by atoms with van der Waals surface area (Å²) in [5, 5.41) is 0.825. The highest BCUT2D eigenvalue weighted by molar-refractivity contribution is 6.30. The van der Waals surface area contributed by atoms with E-state index in [0.29, 0.717) is 17.3 Å². The molecule has 0 aliphatic carbocycles. The van der Waals surface area contributed by atoms with Gasteiger partial charge in [0.1, 0.15) is 0 Å². The van der Waals surface area contributed by atoms with Crippen LogP contribution in [0.15, 0.2) is 24.3 Å². The molecule has 1 aromatic carbocycles. The van der Waals surface area contributed by atoms with Crippen LogP contribution in [0.5, 0.6) is 0 Å². The molecule has 1 unspecified atom stereocenters. The van der Waals surface area contributed by atoms with Crippen molar-refractivity contribution in [2.24, 2.45) is 11.3 Å². The summed E-state index contributed by atoms with van der Waals surface area (Å²) in [7, 11) is 0. The summed E-state index contributed by atoms with van der Waals surface area (Å²) in [5.74, 6) is 1.30. The molecule has 0 N–H and O–H groups in total. The summed E-state index contributed by atoms with van der Waals surface area (Å²) in [5.41, 5.74) is 1.83. The largest absolute Gasteiger partial charge is 0.0843 e. The van der Waals surface area contributed by atoms with Crippen molar-refractivity contribution in [3.63, 3.8) is 0 Å². The quantitative estimate of drug-likeness (QED) is 0.612. The van der Waals surface area contributed by atoms with Crippen LogP contribution in [0.4, 0.5) is 0 Å². The van der Waals surface area contributed by atoms with Gasteiger partial charge in [0, 0.05) is 5.02 Å². The normalized spacial score (nSPS) is 14.1.